The van der Waals surface area contributed by atoms with Gasteiger partial charge in [0.1, 0.15) is 12.4 Å². The van der Waals surface area contributed by atoms with E-state index < -0.39 is 6.10 Å². The highest BCUT2D eigenvalue weighted by molar-refractivity contribution is 7.99. The molecule has 0 aliphatic rings. The first-order valence-corrected chi connectivity index (χ1v) is 10.6. The smallest absolute Gasteiger partial charge is 0.191 e. The number of ketones is 1. The maximum atomic E-state index is 11.6. The molecule has 0 aliphatic carbocycles. The summed E-state index contributed by atoms with van der Waals surface area (Å²) in [4.78, 5) is 11.6. The van der Waals surface area contributed by atoms with Gasteiger partial charge in [0.15, 0.2) is 16.8 Å². The molecule has 0 bridgehead atoms. The molecule has 0 amide bonds. The number of halogens is 1. The standard InChI is InChI=1S/C21H22ClN3O3S/c1-3-19(27)14-6-10-18(11-7-14)28-12-17(26)13-29-21-24-23-20(25(21)2)15-4-8-16(22)9-5-15/h4-11,17,26H,3,12-13H2,1-2H3. The lowest BCUT2D eigenvalue weighted by Gasteiger charge is -2.12. The van der Waals surface area contributed by atoms with Crippen LogP contribution in [0.25, 0.3) is 11.4 Å². The van der Waals surface area contributed by atoms with Gasteiger partial charge in [0.05, 0.1) is 6.10 Å². The fourth-order valence-electron chi connectivity index (χ4n) is 2.64. The summed E-state index contributed by atoms with van der Waals surface area (Å²) in [7, 11) is 1.88. The van der Waals surface area contributed by atoms with Crippen LogP contribution in [0.5, 0.6) is 5.75 Å². The molecule has 2 aromatic carbocycles. The lowest BCUT2D eigenvalue weighted by Crippen LogP contribution is -2.20. The van der Waals surface area contributed by atoms with Gasteiger partial charge in [-0.05, 0) is 48.5 Å². The van der Waals surface area contributed by atoms with Gasteiger partial charge >= 0.3 is 0 Å². The highest BCUT2D eigenvalue weighted by Crippen LogP contribution is 2.24. The second-order valence-corrected chi connectivity index (χ2v) is 7.87. The number of ether oxygens (including phenoxy) is 1. The van der Waals surface area contributed by atoms with E-state index in [1.807, 2.05) is 42.8 Å². The summed E-state index contributed by atoms with van der Waals surface area (Å²) in [6.45, 7) is 1.98. The lowest BCUT2D eigenvalue weighted by atomic mass is 10.1. The Hall–Kier alpha value is -2.35. The monoisotopic (exact) mass is 431 g/mol. The molecular weight excluding hydrogens is 410 g/mol. The molecule has 0 fully saturated rings. The number of hydrogen-bond donors (Lipinski definition) is 1. The van der Waals surface area contributed by atoms with Crippen LogP contribution in [0.3, 0.4) is 0 Å². The zero-order valence-corrected chi connectivity index (χ0v) is 17.8. The molecule has 1 atom stereocenters. The van der Waals surface area contributed by atoms with Gasteiger partial charge in [-0.3, -0.25) is 4.79 Å². The average Bonchev–Trinajstić information content (AvgIpc) is 3.11. The minimum atomic E-state index is -0.673. The zero-order chi connectivity index (χ0) is 20.8. The summed E-state index contributed by atoms with van der Waals surface area (Å²) in [5.41, 5.74) is 1.58. The molecule has 152 valence electrons. The van der Waals surface area contributed by atoms with Gasteiger partial charge in [0.25, 0.3) is 0 Å². The van der Waals surface area contributed by atoms with E-state index >= 15 is 0 Å². The Morgan fingerprint density at radius 1 is 1.17 bits per heavy atom. The lowest BCUT2D eigenvalue weighted by molar-refractivity contribution is 0.0987. The number of aromatic nitrogens is 3. The first-order valence-electron chi connectivity index (χ1n) is 9.20. The average molecular weight is 432 g/mol. The summed E-state index contributed by atoms with van der Waals surface area (Å²) >= 11 is 7.34. The van der Waals surface area contributed by atoms with Gasteiger partial charge < -0.3 is 14.4 Å². The van der Waals surface area contributed by atoms with Crippen molar-refractivity contribution in [2.24, 2.45) is 7.05 Å². The van der Waals surface area contributed by atoms with Crippen molar-refractivity contribution in [2.45, 2.75) is 24.6 Å². The molecule has 29 heavy (non-hydrogen) atoms. The number of Topliss-reactive ketones (excluding diaryl/α,β-unsaturated/α-hetero) is 1. The van der Waals surface area contributed by atoms with Crippen molar-refractivity contribution in [1.29, 1.82) is 0 Å². The summed E-state index contributed by atoms with van der Waals surface area (Å²) in [5.74, 6) is 1.86. The predicted molar refractivity (Wildman–Crippen MR) is 115 cm³/mol. The Kier molecular flexibility index (Phi) is 7.30. The van der Waals surface area contributed by atoms with E-state index in [1.54, 1.807) is 24.3 Å². The number of rotatable bonds is 9. The molecule has 0 spiro atoms. The van der Waals surface area contributed by atoms with Gasteiger partial charge in [-0.1, -0.05) is 30.3 Å². The van der Waals surface area contributed by atoms with Crippen LogP contribution in [0.2, 0.25) is 5.02 Å². The molecular formula is C21H22ClN3O3S. The Morgan fingerprint density at radius 2 is 1.86 bits per heavy atom. The van der Waals surface area contributed by atoms with Crippen molar-refractivity contribution >= 4 is 29.1 Å². The van der Waals surface area contributed by atoms with Crippen molar-refractivity contribution in [3.63, 3.8) is 0 Å². The zero-order valence-electron chi connectivity index (χ0n) is 16.2. The molecule has 1 unspecified atom stereocenters. The van der Waals surface area contributed by atoms with E-state index in [1.165, 1.54) is 11.8 Å². The summed E-state index contributed by atoms with van der Waals surface area (Å²) in [5, 5.41) is 20.0. The van der Waals surface area contributed by atoms with Crippen LogP contribution in [-0.4, -0.2) is 44.1 Å². The van der Waals surface area contributed by atoms with Crippen LogP contribution < -0.4 is 4.74 Å². The van der Waals surface area contributed by atoms with Crippen molar-refractivity contribution < 1.29 is 14.6 Å². The molecule has 1 aromatic heterocycles. The second-order valence-electron chi connectivity index (χ2n) is 6.45. The van der Waals surface area contributed by atoms with Crippen molar-refractivity contribution in [2.75, 3.05) is 12.4 Å². The number of hydrogen-bond acceptors (Lipinski definition) is 6. The maximum absolute atomic E-state index is 11.6. The molecule has 1 N–H and O–H groups in total. The van der Waals surface area contributed by atoms with Crippen molar-refractivity contribution in [3.8, 4) is 17.1 Å². The molecule has 0 saturated carbocycles. The molecule has 6 nitrogen and oxygen atoms in total. The second kappa shape index (κ2) is 9.91. The van der Waals surface area contributed by atoms with Crippen molar-refractivity contribution in [3.05, 3.63) is 59.1 Å². The quantitative estimate of drug-likeness (QED) is 0.403. The number of carbonyl (C=O) groups is 1. The molecule has 0 saturated heterocycles. The molecule has 0 radical (unpaired) electrons. The first kappa shape index (κ1) is 21.4. The van der Waals surface area contributed by atoms with Gasteiger partial charge in [0, 0.05) is 35.4 Å². The predicted octanol–water partition coefficient (Wildman–Crippen LogP) is 4.26. The number of aliphatic hydroxyl groups excluding tert-OH is 1. The van der Waals surface area contributed by atoms with E-state index in [0.717, 1.165) is 11.4 Å². The Labute approximate surface area is 178 Å². The molecule has 1 heterocycles. The number of thioether (sulfide) groups is 1. The number of benzene rings is 2. The van der Waals surface area contributed by atoms with E-state index in [9.17, 15) is 9.90 Å². The fraction of sp³-hybridized carbons (Fsp3) is 0.286. The van der Waals surface area contributed by atoms with Crippen LogP contribution in [-0.2, 0) is 7.05 Å². The Morgan fingerprint density at radius 3 is 2.52 bits per heavy atom. The number of nitrogens with zero attached hydrogens (tertiary/aromatic N) is 3. The SMILES string of the molecule is CCC(=O)c1ccc(OCC(O)CSc2nnc(-c3ccc(Cl)cc3)n2C)cc1. The third-order valence-electron chi connectivity index (χ3n) is 4.28. The van der Waals surface area contributed by atoms with Crippen molar-refractivity contribution in [1.82, 2.24) is 14.8 Å². The highest BCUT2D eigenvalue weighted by atomic mass is 35.5. The Balaban J connectivity index is 1.51. The highest BCUT2D eigenvalue weighted by Gasteiger charge is 2.14. The van der Waals surface area contributed by atoms with Crippen LogP contribution in [0.1, 0.15) is 23.7 Å². The first-order chi connectivity index (χ1) is 14.0. The third-order valence-corrected chi connectivity index (χ3v) is 5.70. The molecule has 3 aromatic rings. The van der Waals surface area contributed by atoms with E-state index in [2.05, 4.69) is 10.2 Å². The summed E-state index contributed by atoms with van der Waals surface area (Å²) in [6, 6.07) is 14.4. The Bertz CT molecular complexity index is 958. The number of carbonyl (C=O) groups excluding carboxylic acids is 1. The largest absolute Gasteiger partial charge is 0.491 e. The van der Waals surface area contributed by atoms with Crippen LogP contribution >= 0.6 is 23.4 Å². The van der Waals surface area contributed by atoms with Crippen LogP contribution in [0.4, 0.5) is 0 Å². The van der Waals surface area contributed by atoms with E-state index in [0.29, 0.717) is 33.7 Å². The summed E-state index contributed by atoms with van der Waals surface area (Å²) < 4.78 is 7.49. The van der Waals surface area contributed by atoms with Gasteiger partial charge in [-0.25, -0.2) is 0 Å². The summed E-state index contributed by atoms with van der Waals surface area (Å²) in [6.07, 6.45) is -0.203. The van der Waals surface area contributed by atoms with Gasteiger partial charge in [-0.15, -0.1) is 10.2 Å². The number of aliphatic hydroxyl groups is 1. The minimum absolute atomic E-state index is 0.0923. The van der Waals surface area contributed by atoms with E-state index in [4.69, 9.17) is 16.3 Å². The topological polar surface area (TPSA) is 77.2 Å². The molecule has 0 aliphatic heterocycles. The fourth-order valence-corrected chi connectivity index (χ4v) is 3.59. The van der Waals surface area contributed by atoms with E-state index in [-0.39, 0.29) is 12.4 Å². The van der Waals surface area contributed by atoms with Gasteiger partial charge in [-0.2, -0.15) is 0 Å². The maximum Gasteiger partial charge on any atom is 0.191 e. The molecule has 3 rings (SSSR count). The normalized spacial score (nSPS) is 12.0. The van der Waals surface area contributed by atoms with Crippen LogP contribution in [0, 0.1) is 0 Å². The third kappa shape index (κ3) is 5.59. The molecule has 8 heteroatoms. The van der Waals surface area contributed by atoms with Gasteiger partial charge in [0.2, 0.25) is 0 Å². The minimum Gasteiger partial charge on any atom is -0.491 e. The van der Waals surface area contributed by atoms with Crippen LogP contribution in [0.15, 0.2) is 53.7 Å².